The molecule has 0 saturated heterocycles. The van der Waals surface area contributed by atoms with Gasteiger partial charge >= 0.3 is 0 Å². The lowest BCUT2D eigenvalue weighted by Gasteiger charge is -2.12. The molecule has 0 aromatic heterocycles. The largest absolute Gasteiger partial charge is 0.493 e. The van der Waals surface area contributed by atoms with Crippen LogP contribution in [0.4, 0.5) is 4.39 Å². The zero-order valence-corrected chi connectivity index (χ0v) is 9.66. The highest BCUT2D eigenvalue weighted by Crippen LogP contribution is 2.17. The Morgan fingerprint density at radius 3 is 2.81 bits per heavy atom. The van der Waals surface area contributed by atoms with Crippen molar-refractivity contribution >= 4 is 0 Å². The number of benzene rings is 1. The normalized spacial score (nSPS) is 11.9. The van der Waals surface area contributed by atoms with Gasteiger partial charge in [0.2, 0.25) is 0 Å². The fraction of sp³-hybridized carbons (Fsp3) is 0.462. The molecule has 0 radical (unpaired) electrons. The van der Waals surface area contributed by atoms with Gasteiger partial charge in [0.25, 0.3) is 0 Å². The number of hydrogen-bond donors (Lipinski definition) is 0. The van der Waals surface area contributed by atoms with Crippen LogP contribution in [0.15, 0.2) is 18.2 Å². The number of hydrogen-bond acceptors (Lipinski definition) is 2. The maximum atomic E-state index is 13.2. The lowest BCUT2D eigenvalue weighted by Crippen LogP contribution is -2.08. The van der Waals surface area contributed by atoms with E-state index in [-0.39, 0.29) is 5.56 Å². The van der Waals surface area contributed by atoms with Crippen molar-refractivity contribution in [2.45, 2.75) is 26.7 Å². The van der Waals surface area contributed by atoms with Crippen molar-refractivity contribution in [3.63, 3.8) is 0 Å². The van der Waals surface area contributed by atoms with Crippen molar-refractivity contribution in [2.75, 3.05) is 6.61 Å². The molecule has 1 rings (SSSR count). The van der Waals surface area contributed by atoms with Crippen molar-refractivity contribution in [2.24, 2.45) is 5.92 Å². The summed E-state index contributed by atoms with van der Waals surface area (Å²) in [6.07, 6.45) is 2.21. The summed E-state index contributed by atoms with van der Waals surface area (Å²) in [5.74, 6) is 0.423. The van der Waals surface area contributed by atoms with Crippen LogP contribution in [0.5, 0.6) is 5.75 Å². The van der Waals surface area contributed by atoms with Gasteiger partial charge < -0.3 is 4.74 Å². The van der Waals surface area contributed by atoms with E-state index in [1.807, 2.05) is 0 Å². The van der Waals surface area contributed by atoms with E-state index in [1.54, 1.807) is 12.1 Å². The van der Waals surface area contributed by atoms with Crippen molar-refractivity contribution in [3.8, 4) is 11.8 Å². The first-order valence-electron chi connectivity index (χ1n) is 5.49. The van der Waals surface area contributed by atoms with Gasteiger partial charge in [-0.3, -0.25) is 0 Å². The fourth-order valence-corrected chi connectivity index (χ4v) is 1.49. The van der Waals surface area contributed by atoms with Gasteiger partial charge in [-0.2, -0.15) is 5.26 Å². The van der Waals surface area contributed by atoms with Gasteiger partial charge in [0.15, 0.2) is 0 Å². The highest BCUT2D eigenvalue weighted by molar-refractivity contribution is 5.36. The Bertz CT molecular complexity index is 384. The Labute approximate surface area is 95.7 Å². The van der Waals surface area contributed by atoms with Crippen LogP contribution in [0, 0.1) is 23.1 Å². The van der Waals surface area contributed by atoms with E-state index in [1.165, 1.54) is 12.1 Å². The summed E-state index contributed by atoms with van der Waals surface area (Å²) in [6, 6.07) is 6.10. The predicted molar refractivity (Wildman–Crippen MR) is 60.7 cm³/mol. The van der Waals surface area contributed by atoms with Gasteiger partial charge in [-0.25, -0.2) is 4.39 Å². The Balaban J connectivity index is 2.56. The Morgan fingerprint density at radius 1 is 1.50 bits per heavy atom. The molecule has 1 aromatic carbocycles. The molecule has 0 heterocycles. The quantitative estimate of drug-likeness (QED) is 0.762. The van der Waals surface area contributed by atoms with Crippen LogP contribution in [0.1, 0.15) is 32.3 Å². The molecule has 0 saturated carbocycles. The lowest BCUT2D eigenvalue weighted by atomic mass is 10.1. The molecular weight excluding hydrogens is 205 g/mol. The minimum absolute atomic E-state index is 0.0500. The molecule has 0 aliphatic rings. The van der Waals surface area contributed by atoms with E-state index in [0.717, 1.165) is 12.8 Å². The number of nitriles is 1. The maximum Gasteiger partial charge on any atom is 0.144 e. The van der Waals surface area contributed by atoms with Gasteiger partial charge in [0.1, 0.15) is 17.6 Å². The van der Waals surface area contributed by atoms with Crippen LogP contribution in [0.3, 0.4) is 0 Å². The molecule has 1 aromatic rings. The third-order valence-electron chi connectivity index (χ3n) is 2.38. The second kappa shape index (κ2) is 6.12. The Morgan fingerprint density at radius 2 is 2.25 bits per heavy atom. The Hall–Kier alpha value is -1.56. The SMILES string of the molecule is CCCC(C)COc1ccc(C#N)c(F)c1. The summed E-state index contributed by atoms with van der Waals surface area (Å²) >= 11 is 0. The summed E-state index contributed by atoms with van der Waals surface area (Å²) in [5.41, 5.74) is 0.0500. The van der Waals surface area contributed by atoms with Gasteiger partial charge in [0.05, 0.1) is 12.2 Å². The monoisotopic (exact) mass is 221 g/mol. The summed E-state index contributed by atoms with van der Waals surface area (Å²) < 4.78 is 18.7. The predicted octanol–water partition coefficient (Wildman–Crippen LogP) is 3.51. The van der Waals surface area contributed by atoms with Crippen molar-refractivity contribution in [3.05, 3.63) is 29.6 Å². The molecule has 0 fully saturated rings. The molecule has 0 amide bonds. The maximum absolute atomic E-state index is 13.2. The second-order valence-electron chi connectivity index (χ2n) is 3.96. The van der Waals surface area contributed by atoms with Gasteiger partial charge in [-0.15, -0.1) is 0 Å². The van der Waals surface area contributed by atoms with Crippen LogP contribution in [0.25, 0.3) is 0 Å². The van der Waals surface area contributed by atoms with E-state index < -0.39 is 5.82 Å². The fourth-order valence-electron chi connectivity index (χ4n) is 1.49. The molecule has 1 atom stereocenters. The molecule has 0 spiro atoms. The molecule has 2 nitrogen and oxygen atoms in total. The van der Waals surface area contributed by atoms with E-state index in [9.17, 15) is 4.39 Å². The minimum atomic E-state index is -0.525. The second-order valence-corrected chi connectivity index (χ2v) is 3.96. The van der Waals surface area contributed by atoms with Crippen LogP contribution in [0.2, 0.25) is 0 Å². The molecular formula is C13H16FNO. The smallest absolute Gasteiger partial charge is 0.144 e. The summed E-state index contributed by atoms with van der Waals surface area (Å²) in [6.45, 7) is 4.81. The van der Waals surface area contributed by atoms with Crippen molar-refractivity contribution in [1.29, 1.82) is 5.26 Å². The van der Waals surface area contributed by atoms with Gasteiger partial charge in [0, 0.05) is 6.07 Å². The topological polar surface area (TPSA) is 33.0 Å². The summed E-state index contributed by atoms with van der Waals surface area (Å²) in [7, 11) is 0. The Kier molecular flexibility index (Phi) is 4.78. The molecule has 0 aliphatic carbocycles. The van der Waals surface area contributed by atoms with Gasteiger partial charge in [-0.1, -0.05) is 20.3 Å². The molecule has 0 aliphatic heterocycles. The van der Waals surface area contributed by atoms with Crippen LogP contribution < -0.4 is 4.74 Å². The summed E-state index contributed by atoms with van der Waals surface area (Å²) in [5, 5.41) is 8.57. The highest BCUT2D eigenvalue weighted by Gasteiger charge is 2.05. The first-order chi connectivity index (χ1) is 7.67. The zero-order chi connectivity index (χ0) is 12.0. The number of rotatable bonds is 5. The molecule has 86 valence electrons. The van der Waals surface area contributed by atoms with Crippen molar-refractivity contribution in [1.82, 2.24) is 0 Å². The molecule has 16 heavy (non-hydrogen) atoms. The molecule has 3 heteroatoms. The molecule has 1 unspecified atom stereocenters. The van der Waals surface area contributed by atoms with Crippen LogP contribution in [-0.2, 0) is 0 Å². The standard InChI is InChI=1S/C13H16FNO/c1-3-4-10(2)9-16-12-6-5-11(8-15)13(14)7-12/h5-7,10H,3-4,9H2,1-2H3. The number of halogens is 1. The lowest BCUT2D eigenvalue weighted by molar-refractivity contribution is 0.250. The first kappa shape index (κ1) is 12.5. The van der Waals surface area contributed by atoms with Gasteiger partial charge in [-0.05, 0) is 24.5 Å². The third-order valence-corrected chi connectivity index (χ3v) is 2.38. The van der Waals surface area contributed by atoms with Crippen LogP contribution >= 0.6 is 0 Å². The number of ether oxygens (including phenoxy) is 1. The van der Waals surface area contributed by atoms with Crippen LogP contribution in [-0.4, -0.2) is 6.61 Å². The van der Waals surface area contributed by atoms with E-state index in [0.29, 0.717) is 18.3 Å². The highest BCUT2D eigenvalue weighted by atomic mass is 19.1. The third kappa shape index (κ3) is 3.54. The molecule has 0 bridgehead atoms. The van der Waals surface area contributed by atoms with E-state index >= 15 is 0 Å². The first-order valence-corrected chi connectivity index (χ1v) is 5.49. The average Bonchev–Trinajstić information content (AvgIpc) is 2.27. The molecule has 0 N–H and O–H groups in total. The van der Waals surface area contributed by atoms with Crippen molar-refractivity contribution < 1.29 is 9.13 Å². The average molecular weight is 221 g/mol. The van der Waals surface area contributed by atoms with E-state index in [4.69, 9.17) is 10.00 Å². The number of nitrogens with zero attached hydrogens (tertiary/aromatic N) is 1. The van der Waals surface area contributed by atoms with E-state index in [2.05, 4.69) is 13.8 Å². The zero-order valence-electron chi connectivity index (χ0n) is 9.66. The summed E-state index contributed by atoms with van der Waals surface area (Å²) in [4.78, 5) is 0. The minimum Gasteiger partial charge on any atom is -0.493 e.